The van der Waals surface area contributed by atoms with Crippen molar-refractivity contribution in [2.24, 2.45) is 0 Å². The highest BCUT2D eigenvalue weighted by Gasteiger charge is 2.13. The Labute approximate surface area is 71.0 Å². The summed E-state index contributed by atoms with van der Waals surface area (Å²) in [5, 5.41) is 0. The second-order valence-corrected chi connectivity index (χ2v) is 3.50. The van der Waals surface area contributed by atoms with Gasteiger partial charge in [-0.05, 0) is 0 Å². The largest absolute Gasteiger partial charge is 0.398 e. The van der Waals surface area contributed by atoms with Crippen LogP contribution in [0.4, 0.5) is 0 Å². The molecule has 1 N–H and O–H groups in total. The van der Waals surface area contributed by atoms with Crippen LogP contribution >= 0.6 is 0 Å². The number of ether oxygens (including phenoxy) is 1. The fourth-order valence-electron chi connectivity index (χ4n) is 0.871. The van der Waals surface area contributed by atoms with E-state index in [2.05, 4.69) is 4.18 Å². The normalized spacial score (nSPS) is 21.1. The van der Waals surface area contributed by atoms with Crippen LogP contribution < -0.4 is 0 Å². The minimum absolute atomic E-state index is 0.109. The molecule has 6 nitrogen and oxygen atoms in total. The predicted molar refractivity (Wildman–Crippen MR) is 39.9 cm³/mol. The maximum atomic E-state index is 10.1. The smallest absolute Gasteiger partial charge is 0.379 e. The topological polar surface area (TPSA) is 76.1 Å². The Bertz CT molecular complexity index is 220. The molecule has 0 aromatic heterocycles. The third kappa shape index (κ3) is 3.98. The molecule has 1 saturated heterocycles. The quantitative estimate of drug-likeness (QED) is 0.591. The minimum Gasteiger partial charge on any atom is -0.379 e. The van der Waals surface area contributed by atoms with Crippen LogP contribution in [0.25, 0.3) is 0 Å². The van der Waals surface area contributed by atoms with Gasteiger partial charge in [0.05, 0.1) is 13.2 Å². The Morgan fingerprint density at radius 3 is 2.50 bits per heavy atom. The van der Waals surface area contributed by atoms with Gasteiger partial charge >= 0.3 is 10.4 Å². The van der Waals surface area contributed by atoms with E-state index in [4.69, 9.17) is 9.29 Å². The van der Waals surface area contributed by atoms with E-state index in [0.717, 1.165) is 0 Å². The Morgan fingerprint density at radius 1 is 1.42 bits per heavy atom. The predicted octanol–water partition coefficient (Wildman–Crippen LogP) is -0.904. The van der Waals surface area contributed by atoms with Crippen LogP contribution in [0.5, 0.6) is 0 Å². The van der Waals surface area contributed by atoms with Crippen molar-refractivity contribution in [1.29, 1.82) is 0 Å². The number of hydrogen-bond donors (Lipinski definition) is 1. The molecule has 0 unspecified atom stereocenters. The molecule has 1 rings (SSSR count). The van der Waals surface area contributed by atoms with Gasteiger partial charge in [-0.2, -0.15) is 8.42 Å². The summed E-state index contributed by atoms with van der Waals surface area (Å²) in [7, 11) is -4.31. The molecule has 1 aliphatic heterocycles. The van der Waals surface area contributed by atoms with Crippen LogP contribution in [0.2, 0.25) is 0 Å². The van der Waals surface area contributed by atoms with Gasteiger partial charge < -0.3 is 4.74 Å². The van der Waals surface area contributed by atoms with Crippen molar-refractivity contribution in [1.82, 2.24) is 4.90 Å². The molecule has 0 amide bonds. The van der Waals surface area contributed by atoms with Gasteiger partial charge in [0.1, 0.15) is 6.73 Å². The van der Waals surface area contributed by atoms with Gasteiger partial charge in [0.25, 0.3) is 0 Å². The second kappa shape index (κ2) is 4.15. The Hall–Kier alpha value is -0.210. The zero-order valence-electron chi connectivity index (χ0n) is 6.47. The van der Waals surface area contributed by atoms with Crippen LogP contribution in [-0.4, -0.2) is 50.9 Å². The van der Waals surface area contributed by atoms with Gasteiger partial charge in [0.15, 0.2) is 0 Å². The highest BCUT2D eigenvalue weighted by atomic mass is 32.3. The Kier molecular flexibility index (Phi) is 3.41. The van der Waals surface area contributed by atoms with Crippen molar-refractivity contribution in [3.63, 3.8) is 0 Å². The second-order valence-electron chi connectivity index (χ2n) is 2.41. The fourth-order valence-corrected chi connectivity index (χ4v) is 1.15. The standard InChI is InChI=1S/C5H11NO5S/c7-12(8,9)11-5-6-1-3-10-4-2-6/h1-5H2,(H,7,8,9). The van der Waals surface area contributed by atoms with Crippen LogP contribution in [0.1, 0.15) is 0 Å². The van der Waals surface area contributed by atoms with E-state index < -0.39 is 10.4 Å². The van der Waals surface area contributed by atoms with E-state index in [1.807, 2.05) is 0 Å². The van der Waals surface area contributed by atoms with E-state index in [1.54, 1.807) is 4.90 Å². The molecule has 72 valence electrons. The average Bonchev–Trinajstić information content (AvgIpc) is 2.02. The summed E-state index contributed by atoms with van der Waals surface area (Å²) in [6, 6.07) is 0. The summed E-state index contributed by atoms with van der Waals surface area (Å²) < 4.78 is 37.7. The van der Waals surface area contributed by atoms with Crippen LogP contribution in [-0.2, 0) is 19.3 Å². The number of nitrogens with zero attached hydrogens (tertiary/aromatic N) is 1. The van der Waals surface area contributed by atoms with E-state index in [0.29, 0.717) is 26.3 Å². The lowest BCUT2D eigenvalue weighted by molar-refractivity contribution is 0.00303. The van der Waals surface area contributed by atoms with Gasteiger partial charge in [-0.3, -0.25) is 9.45 Å². The molecule has 0 spiro atoms. The number of hydrogen-bond acceptors (Lipinski definition) is 5. The molecule has 1 fully saturated rings. The van der Waals surface area contributed by atoms with Crippen molar-refractivity contribution in [3.8, 4) is 0 Å². The summed E-state index contributed by atoms with van der Waals surface area (Å²) in [6.45, 7) is 2.26. The number of rotatable bonds is 3. The molecule has 0 saturated carbocycles. The monoisotopic (exact) mass is 197 g/mol. The van der Waals surface area contributed by atoms with Gasteiger partial charge in [0, 0.05) is 13.1 Å². The highest BCUT2D eigenvalue weighted by Crippen LogP contribution is 1.97. The maximum absolute atomic E-state index is 10.1. The van der Waals surface area contributed by atoms with E-state index in [9.17, 15) is 8.42 Å². The van der Waals surface area contributed by atoms with Crippen molar-refractivity contribution in [2.45, 2.75) is 0 Å². The van der Waals surface area contributed by atoms with Gasteiger partial charge in [-0.15, -0.1) is 0 Å². The third-order valence-corrected chi connectivity index (χ3v) is 1.89. The lowest BCUT2D eigenvalue weighted by atomic mass is 10.5. The number of morpholine rings is 1. The first-order valence-corrected chi connectivity index (χ1v) is 4.86. The Morgan fingerprint density at radius 2 is 2.00 bits per heavy atom. The van der Waals surface area contributed by atoms with Crippen LogP contribution in [0.15, 0.2) is 0 Å². The molecule has 0 aromatic carbocycles. The highest BCUT2D eigenvalue weighted by molar-refractivity contribution is 7.80. The average molecular weight is 197 g/mol. The van der Waals surface area contributed by atoms with E-state index in [1.165, 1.54) is 0 Å². The van der Waals surface area contributed by atoms with E-state index >= 15 is 0 Å². The molecule has 1 aliphatic rings. The minimum atomic E-state index is -4.31. The van der Waals surface area contributed by atoms with Gasteiger partial charge in [-0.1, -0.05) is 0 Å². The molecule has 0 atom stereocenters. The third-order valence-electron chi connectivity index (χ3n) is 1.49. The van der Waals surface area contributed by atoms with Crippen molar-refractivity contribution >= 4 is 10.4 Å². The van der Waals surface area contributed by atoms with Gasteiger partial charge in [0.2, 0.25) is 0 Å². The molecule has 0 aliphatic carbocycles. The SMILES string of the molecule is O=S(=O)(O)OCN1CCOCC1. The first-order chi connectivity index (χ1) is 5.58. The Balaban J connectivity index is 2.22. The van der Waals surface area contributed by atoms with Crippen molar-refractivity contribution < 1.29 is 21.9 Å². The molecule has 7 heteroatoms. The van der Waals surface area contributed by atoms with E-state index in [-0.39, 0.29) is 6.73 Å². The zero-order valence-corrected chi connectivity index (χ0v) is 7.29. The lowest BCUT2D eigenvalue weighted by Gasteiger charge is -2.25. The molecular formula is C5H11NO5S. The van der Waals surface area contributed by atoms with Crippen molar-refractivity contribution in [3.05, 3.63) is 0 Å². The summed E-state index contributed by atoms with van der Waals surface area (Å²) in [5.74, 6) is 0. The summed E-state index contributed by atoms with van der Waals surface area (Å²) in [6.07, 6.45) is 0. The molecular weight excluding hydrogens is 186 g/mol. The molecule has 0 radical (unpaired) electrons. The van der Waals surface area contributed by atoms with Gasteiger partial charge in [-0.25, -0.2) is 4.18 Å². The summed E-state index contributed by atoms with van der Waals surface area (Å²) in [5.41, 5.74) is 0. The summed E-state index contributed by atoms with van der Waals surface area (Å²) >= 11 is 0. The van der Waals surface area contributed by atoms with Crippen molar-refractivity contribution in [2.75, 3.05) is 33.0 Å². The molecule has 0 aromatic rings. The molecule has 0 bridgehead atoms. The molecule has 12 heavy (non-hydrogen) atoms. The van der Waals surface area contributed by atoms with Crippen LogP contribution in [0.3, 0.4) is 0 Å². The zero-order chi connectivity index (χ0) is 9.03. The maximum Gasteiger partial charge on any atom is 0.398 e. The first kappa shape index (κ1) is 9.87. The first-order valence-electron chi connectivity index (χ1n) is 3.50. The summed E-state index contributed by atoms with van der Waals surface area (Å²) in [4.78, 5) is 1.73. The van der Waals surface area contributed by atoms with Crippen LogP contribution in [0, 0.1) is 0 Å². The lowest BCUT2D eigenvalue weighted by Crippen LogP contribution is -2.38. The molecule has 1 heterocycles. The fraction of sp³-hybridized carbons (Fsp3) is 1.00.